The Bertz CT molecular complexity index is 964. The van der Waals surface area contributed by atoms with Crippen molar-refractivity contribution in [3.05, 3.63) is 93.4 Å². The van der Waals surface area contributed by atoms with Crippen LogP contribution < -0.4 is 4.90 Å². The van der Waals surface area contributed by atoms with Gasteiger partial charge < -0.3 is 15.1 Å². The second-order valence-electron chi connectivity index (χ2n) is 7.25. The molecule has 0 saturated carbocycles. The van der Waals surface area contributed by atoms with Crippen molar-refractivity contribution in [3.63, 3.8) is 0 Å². The summed E-state index contributed by atoms with van der Waals surface area (Å²) < 4.78 is 0. The Morgan fingerprint density at radius 1 is 0.774 bits per heavy atom. The monoisotopic (exact) mass is 478 g/mol. The van der Waals surface area contributed by atoms with E-state index in [2.05, 4.69) is 9.80 Å². The fraction of sp³-hybridized carbons (Fsp3) is 0.250. The molecule has 1 heterocycles. The number of piperazine rings is 1. The number of anilines is 1. The average molecular weight is 480 g/mol. The summed E-state index contributed by atoms with van der Waals surface area (Å²) >= 11 is 17.8. The van der Waals surface area contributed by atoms with Crippen LogP contribution in [-0.2, 0) is 0 Å². The van der Waals surface area contributed by atoms with E-state index in [4.69, 9.17) is 34.8 Å². The number of hydrogen-bond donors (Lipinski definition) is 2. The standard InChI is InChI=1S/C18H20Cl2N2O2.C6H5Cl/c19-13-5-6-16(15(20)11-13)22-9-7-21(8-10-22)12-18(24)14-3-1-2-4-17(14)23;7-6-4-2-1-3-5-6/h1-6,11,18,23-24H,7-10,12H2;1-5H. The number of rotatable bonds is 4. The van der Waals surface area contributed by atoms with Gasteiger partial charge in [0, 0.05) is 48.3 Å². The second kappa shape index (κ2) is 11.6. The summed E-state index contributed by atoms with van der Waals surface area (Å²) in [4.78, 5) is 4.42. The molecule has 1 fully saturated rings. The van der Waals surface area contributed by atoms with Gasteiger partial charge in [0.25, 0.3) is 0 Å². The molecule has 1 aliphatic heterocycles. The van der Waals surface area contributed by atoms with Crippen LogP contribution >= 0.6 is 34.8 Å². The first-order valence-electron chi connectivity index (χ1n) is 10.0. The van der Waals surface area contributed by atoms with Gasteiger partial charge in [-0.25, -0.2) is 0 Å². The summed E-state index contributed by atoms with van der Waals surface area (Å²) in [6.07, 6.45) is -0.697. The third-order valence-electron chi connectivity index (χ3n) is 5.08. The summed E-state index contributed by atoms with van der Waals surface area (Å²) in [5.41, 5.74) is 1.56. The number of β-amino-alcohol motifs (C(OH)–C–C–N with tert-alkyl or cyclic N) is 1. The van der Waals surface area contributed by atoms with Gasteiger partial charge in [-0.3, -0.25) is 4.90 Å². The minimum absolute atomic E-state index is 0.136. The zero-order valence-electron chi connectivity index (χ0n) is 17.0. The van der Waals surface area contributed by atoms with Gasteiger partial charge in [0.05, 0.1) is 16.8 Å². The molecule has 1 saturated heterocycles. The van der Waals surface area contributed by atoms with Crippen LogP contribution in [0.4, 0.5) is 5.69 Å². The molecule has 3 aromatic carbocycles. The normalized spacial score (nSPS) is 15.2. The molecule has 7 heteroatoms. The zero-order valence-corrected chi connectivity index (χ0v) is 19.2. The molecule has 1 unspecified atom stereocenters. The maximum absolute atomic E-state index is 10.4. The van der Waals surface area contributed by atoms with E-state index in [0.717, 1.165) is 36.9 Å². The summed E-state index contributed by atoms with van der Waals surface area (Å²) in [7, 11) is 0. The number of nitrogens with zero attached hydrogens (tertiary/aromatic N) is 2. The lowest BCUT2D eigenvalue weighted by Crippen LogP contribution is -2.47. The van der Waals surface area contributed by atoms with Crippen molar-refractivity contribution in [2.45, 2.75) is 6.10 Å². The lowest BCUT2D eigenvalue weighted by atomic mass is 10.1. The van der Waals surface area contributed by atoms with Crippen molar-refractivity contribution in [2.75, 3.05) is 37.6 Å². The summed E-state index contributed by atoms with van der Waals surface area (Å²) in [5.74, 6) is 0.136. The van der Waals surface area contributed by atoms with Gasteiger partial charge in [-0.1, -0.05) is 71.2 Å². The predicted molar refractivity (Wildman–Crippen MR) is 130 cm³/mol. The topological polar surface area (TPSA) is 46.9 Å². The number of phenols is 1. The van der Waals surface area contributed by atoms with Crippen LogP contribution in [-0.4, -0.2) is 47.8 Å². The van der Waals surface area contributed by atoms with Gasteiger partial charge in [0.2, 0.25) is 0 Å². The van der Waals surface area contributed by atoms with Gasteiger partial charge in [-0.05, 0) is 36.4 Å². The Balaban J connectivity index is 0.000000330. The van der Waals surface area contributed by atoms with E-state index in [1.54, 1.807) is 24.3 Å². The van der Waals surface area contributed by atoms with Crippen LogP contribution in [0, 0.1) is 0 Å². The molecule has 0 aromatic heterocycles. The SMILES string of the molecule is Clc1ccccc1.Oc1ccccc1C(O)CN1CCN(c2ccc(Cl)cc2Cl)CC1. The highest BCUT2D eigenvalue weighted by Crippen LogP contribution is 2.30. The van der Waals surface area contributed by atoms with Gasteiger partial charge in [-0.2, -0.15) is 0 Å². The zero-order chi connectivity index (χ0) is 22.2. The highest BCUT2D eigenvalue weighted by atomic mass is 35.5. The maximum atomic E-state index is 10.4. The second-order valence-corrected chi connectivity index (χ2v) is 8.53. The Morgan fingerprint density at radius 3 is 2.00 bits per heavy atom. The minimum atomic E-state index is -0.697. The third-order valence-corrected chi connectivity index (χ3v) is 5.87. The molecule has 0 bridgehead atoms. The van der Waals surface area contributed by atoms with Crippen LogP contribution in [0.1, 0.15) is 11.7 Å². The summed E-state index contributed by atoms with van der Waals surface area (Å²) in [5, 5.41) is 22.3. The van der Waals surface area contributed by atoms with Crippen molar-refractivity contribution in [3.8, 4) is 5.75 Å². The van der Waals surface area contributed by atoms with Crippen molar-refractivity contribution in [1.82, 2.24) is 4.90 Å². The Labute approximate surface area is 198 Å². The van der Waals surface area contributed by atoms with E-state index < -0.39 is 6.10 Å². The van der Waals surface area contributed by atoms with E-state index in [9.17, 15) is 10.2 Å². The number of benzene rings is 3. The first-order chi connectivity index (χ1) is 14.9. The molecule has 1 atom stereocenters. The predicted octanol–water partition coefficient (Wildman–Crippen LogP) is 5.89. The molecule has 3 aromatic rings. The largest absolute Gasteiger partial charge is 0.508 e. The lowest BCUT2D eigenvalue weighted by molar-refractivity contribution is 0.107. The Morgan fingerprint density at radius 2 is 1.42 bits per heavy atom. The fourth-order valence-corrected chi connectivity index (χ4v) is 4.11. The molecule has 2 N–H and O–H groups in total. The number of aliphatic hydroxyl groups is 1. The van der Waals surface area contributed by atoms with E-state index in [-0.39, 0.29) is 5.75 Å². The molecule has 31 heavy (non-hydrogen) atoms. The molecule has 1 aliphatic rings. The summed E-state index contributed by atoms with van der Waals surface area (Å²) in [6, 6.07) is 21.9. The average Bonchev–Trinajstić information content (AvgIpc) is 2.76. The van der Waals surface area contributed by atoms with Crippen LogP contribution in [0.5, 0.6) is 5.75 Å². The maximum Gasteiger partial charge on any atom is 0.121 e. The molecular weight excluding hydrogens is 455 g/mol. The Hall–Kier alpha value is -1.95. The quantitative estimate of drug-likeness (QED) is 0.489. The van der Waals surface area contributed by atoms with Crippen molar-refractivity contribution >= 4 is 40.5 Å². The molecule has 0 spiro atoms. The van der Waals surface area contributed by atoms with Gasteiger partial charge in [0.1, 0.15) is 5.75 Å². The van der Waals surface area contributed by atoms with Gasteiger partial charge in [0.15, 0.2) is 0 Å². The summed E-state index contributed by atoms with van der Waals surface area (Å²) in [6.45, 7) is 3.80. The number of phenolic OH excluding ortho intramolecular Hbond substituents is 1. The number of hydrogen-bond acceptors (Lipinski definition) is 4. The smallest absolute Gasteiger partial charge is 0.121 e. The molecular formula is C24H25Cl3N2O2. The van der Waals surface area contributed by atoms with E-state index >= 15 is 0 Å². The fourth-order valence-electron chi connectivity index (χ4n) is 3.44. The molecule has 0 aliphatic carbocycles. The minimum Gasteiger partial charge on any atom is -0.508 e. The van der Waals surface area contributed by atoms with Crippen molar-refractivity contribution in [2.24, 2.45) is 0 Å². The lowest BCUT2D eigenvalue weighted by Gasteiger charge is -2.37. The van der Waals surface area contributed by atoms with Crippen LogP contribution in [0.2, 0.25) is 15.1 Å². The number of halogens is 3. The van der Waals surface area contributed by atoms with Crippen LogP contribution in [0.15, 0.2) is 72.8 Å². The van der Waals surface area contributed by atoms with Crippen molar-refractivity contribution in [1.29, 1.82) is 0 Å². The first kappa shape index (κ1) is 23.7. The molecule has 4 nitrogen and oxygen atoms in total. The molecule has 0 radical (unpaired) electrons. The number of para-hydroxylation sites is 1. The number of aromatic hydroxyl groups is 1. The van der Waals surface area contributed by atoms with E-state index in [1.165, 1.54) is 0 Å². The highest BCUT2D eigenvalue weighted by molar-refractivity contribution is 6.36. The molecule has 4 rings (SSSR count). The molecule has 0 amide bonds. The van der Waals surface area contributed by atoms with E-state index in [0.29, 0.717) is 22.2 Å². The van der Waals surface area contributed by atoms with Gasteiger partial charge in [-0.15, -0.1) is 0 Å². The molecule has 164 valence electrons. The van der Waals surface area contributed by atoms with Crippen molar-refractivity contribution < 1.29 is 10.2 Å². The van der Waals surface area contributed by atoms with E-state index in [1.807, 2.05) is 48.5 Å². The third kappa shape index (κ3) is 7.03. The first-order valence-corrected chi connectivity index (χ1v) is 11.2. The Kier molecular flexibility index (Phi) is 8.88. The van der Waals surface area contributed by atoms with Gasteiger partial charge >= 0.3 is 0 Å². The van der Waals surface area contributed by atoms with Crippen LogP contribution in [0.25, 0.3) is 0 Å². The van der Waals surface area contributed by atoms with Crippen LogP contribution in [0.3, 0.4) is 0 Å². The number of aliphatic hydroxyl groups excluding tert-OH is 1. The highest BCUT2D eigenvalue weighted by Gasteiger charge is 2.22.